The summed E-state index contributed by atoms with van der Waals surface area (Å²) in [6.07, 6.45) is 0.651. The molecule has 0 bridgehead atoms. The van der Waals surface area contributed by atoms with E-state index in [0.717, 1.165) is 0 Å². The molecular formula is C24H24ClNO6. The summed E-state index contributed by atoms with van der Waals surface area (Å²) in [5.74, 6) is -0.615. The first kappa shape index (κ1) is 23.3. The molecule has 8 heteroatoms. The van der Waals surface area contributed by atoms with Gasteiger partial charge in [-0.2, -0.15) is 0 Å². The van der Waals surface area contributed by atoms with Gasteiger partial charge >= 0.3 is 11.6 Å². The maximum absolute atomic E-state index is 12.9. The molecule has 2 atom stereocenters. The van der Waals surface area contributed by atoms with Gasteiger partial charge in [0.15, 0.2) is 0 Å². The van der Waals surface area contributed by atoms with E-state index in [1.165, 1.54) is 13.2 Å². The second kappa shape index (κ2) is 10.3. The number of rotatable bonds is 8. The van der Waals surface area contributed by atoms with E-state index in [-0.39, 0.29) is 12.5 Å². The number of ether oxygens (including phenoxy) is 2. The molecule has 1 N–H and O–H groups in total. The van der Waals surface area contributed by atoms with Crippen LogP contribution in [0.25, 0.3) is 11.0 Å². The van der Waals surface area contributed by atoms with Crippen molar-refractivity contribution in [2.45, 2.75) is 32.9 Å². The predicted octanol–water partition coefficient (Wildman–Crippen LogP) is 4.34. The zero-order valence-corrected chi connectivity index (χ0v) is 18.8. The molecular weight excluding hydrogens is 434 g/mol. The van der Waals surface area contributed by atoms with Gasteiger partial charge in [-0.1, -0.05) is 31.9 Å². The van der Waals surface area contributed by atoms with Crippen molar-refractivity contribution in [1.82, 2.24) is 5.32 Å². The SMILES string of the molecule is CCC(C)C(NC(=O)c1ccc(Cl)cc1)C(=O)OCc1cc(=O)oc2cc(OC)ccc12. The van der Waals surface area contributed by atoms with Crippen LogP contribution in [-0.4, -0.2) is 25.0 Å². The topological polar surface area (TPSA) is 94.8 Å². The van der Waals surface area contributed by atoms with Gasteiger partial charge in [0.1, 0.15) is 24.0 Å². The number of fused-ring (bicyclic) bond motifs is 1. The van der Waals surface area contributed by atoms with E-state index in [4.69, 9.17) is 25.5 Å². The van der Waals surface area contributed by atoms with Gasteiger partial charge in [-0.15, -0.1) is 0 Å². The summed E-state index contributed by atoms with van der Waals surface area (Å²) in [5, 5.41) is 3.89. The Morgan fingerprint density at radius 2 is 1.84 bits per heavy atom. The highest BCUT2D eigenvalue weighted by atomic mass is 35.5. The average molecular weight is 458 g/mol. The Morgan fingerprint density at radius 1 is 1.12 bits per heavy atom. The first-order valence-corrected chi connectivity index (χ1v) is 10.5. The Morgan fingerprint density at radius 3 is 2.50 bits per heavy atom. The molecule has 1 aromatic heterocycles. The number of benzene rings is 2. The summed E-state index contributed by atoms with van der Waals surface area (Å²) >= 11 is 5.87. The fraction of sp³-hybridized carbons (Fsp3) is 0.292. The molecule has 7 nitrogen and oxygen atoms in total. The summed E-state index contributed by atoms with van der Waals surface area (Å²) in [6, 6.07) is 11.9. The number of halogens is 1. The molecule has 2 unspecified atom stereocenters. The largest absolute Gasteiger partial charge is 0.497 e. The van der Waals surface area contributed by atoms with Gasteiger partial charge in [0.25, 0.3) is 5.91 Å². The zero-order valence-electron chi connectivity index (χ0n) is 18.0. The number of esters is 1. The van der Waals surface area contributed by atoms with Crippen LogP contribution in [0.4, 0.5) is 0 Å². The maximum atomic E-state index is 12.9. The molecule has 0 spiro atoms. The fourth-order valence-electron chi connectivity index (χ4n) is 3.19. The van der Waals surface area contributed by atoms with Crippen molar-refractivity contribution in [3.63, 3.8) is 0 Å². The second-order valence-electron chi connectivity index (χ2n) is 7.40. The Balaban J connectivity index is 1.77. The Kier molecular flexibility index (Phi) is 7.53. The Bertz CT molecular complexity index is 1170. The van der Waals surface area contributed by atoms with Crippen LogP contribution in [0.1, 0.15) is 36.2 Å². The van der Waals surface area contributed by atoms with Crippen molar-refractivity contribution in [2.75, 3.05) is 7.11 Å². The first-order chi connectivity index (χ1) is 15.3. The van der Waals surface area contributed by atoms with E-state index in [9.17, 15) is 14.4 Å². The molecule has 0 saturated carbocycles. The molecule has 0 aliphatic heterocycles. The van der Waals surface area contributed by atoms with E-state index < -0.39 is 23.5 Å². The summed E-state index contributed by atoms with van der Waals surface area (Å²) in [7, 11) is 1.51. The number of carbonyl (C=O) groups is 2. The summed E-state index contributed by atoms with van der Waals surface area (Å²) < 4.78 is 15.9. The molecule has 0 aliphatic rings. The van der Waals surface area contributed by atoms with Gasteiger partial charge in [0.05, 0.1) is 7.11 Å². The standard InChI is InChI=1S/C24H24ClNO6/c1-4-14(2)22(26-23(28)15-5-7-17(25)8-6-15)24(29)31-13-16-11-21(27)32-20-12-18(30-3)9-10-19(16)20/h5-12,14,22H,4,13H2,1-3H3,(H,26,28). The van der Waals surface area contributed by atoms with Crippen LogP contribution < -0.4 is 15.7 Å². The van der Waals surface area contributed by atoms with Crippen LogP contribution in [-0.2, 0) is 16.1 Å². The smallest absolute Gasteiger partial charge is 0.336 e. The average Bonchev–Trinajstić information content (AvgIpc) is 2.79. The number of nitrogens with one attached hydrogen (secondary N) is 1. The first-order valence-electron chi connectivity index (χ1n) is 10.2. The molecule has 0 saturated heterocycles. The predicted molar refractivity (Wildman–Crippen MR) is 121 cm³/mol. The van der Waals surface area contributed by atoms with Crippen molar-refractivity contribution in [3.8, 4) is 5.75 Å². The van der Waals surface area contributed by atoms with Gasteiger partial charge in [0.2, 0.25) is 0 Å². The lowest BCUT2D eigenvalue weighted by atomic mass is 9.98. The molecule has 0 radical (unpaired) electrons. The lowest BCUT2D eigenvalue weighted by Crippen LogP contribution is -2.46. The van der Waals surface area contributed by atoms with Gasteiger partial charge in [-0.05, 0) is 42.3 Å². The lowest BCUT2D eigenvalue weighted by Gasteiger charge is -2.23. The minimum Gasteiger partial charge on any atom is -0.497 e. The van der Waals surface area contributed by atoms with Crippen LogP contribution in [0.5, 0.6) is 5.75 Å². The van der Waals surface area contributed by atoms with Crippen molar-refractivity contribution in [3.05, 3.63) is 75.1 Å². The van der Waals surface area contributed by atoms with Crippen LogP contribution in [0.2, 0.25) is 5.02 Å². The number of hydrogen-bond donors (Lipinski definition) is 1. The number of methoxy groups -OCH3 is 1. The molecule has 0 fully saturated rings. The van der Waals surface area contributed by atoms with Gasteiger partial charge in [0, 0.05) is 33.7 Å². The number of carbonyl (C=O) groups excluding carboxylic acids is 2. The number of amides is 1. The molecule has 2 aromatic carbocycles. The summed E-state index contributed by atoms with van der Waals surface area (Å²) in [4.78, 5) is 37.4. The van der Waals surface area contributed by atoms with E-state index in [2.05, 4.69) is 5.32 Å². The van der Waals surface area contributed by atoms with E-state index in [1.54, 1.807) is 42.5 Å². The minimum absolute atomic E-state index is 0.142. The highest BCUT2D eigenvalue weighted by Gasteiger charge is 2.28. The molecule has 3 aromatic rings. The van der Waals surface area contributed by atoms with Crippen LogP contribution in [0.3, 0.4) is 0 Å². The zero-order chi connectivity index (χ0) is 23.3. The second-order valence-corrected chi connectivity index (χ2v) is 7.84. The Hall–Kier alpha value is -3.32. The van der Waals surface area contributed by atoms with Crippen molar-refractivity contribution in [1.29, 1.82) is 0 Å². The third-order valence-corrected chi connectivity index (χ3v) is 5.52. The van der Waals surface area contributed by atoms with Crippen LogP contribution in [0, 0.1) is 5.92 Å². The van der Waals surface area contributed by atoms with Crippen molar-refractivity contribution < 1.29 is 23.5 Å². The van der Waals surface area contributed by atoms with E-state index in [1.807, 2.05) is 13.8 Å². The highest BCUT2D eigenvalue weighted by molar-refractivity contribution is 6.30. The molecule has 1 heterocycles. The minimum atomic E-state index is -0.852. The monoisotopic (exact) mass is 457 g/mol. The van der Waals surface area contributed by atoms with Crippen LogP contribution in [0.15, 0.2) is 57.7 Å². The molecule has 168 valence electrons. The fourth-order valence-corrected chi connectivity index (χ4v) is 3.32. The highest BCUT2D eigenvalue weighted by Crippen LogP contribution is 2.23. The molecule has 32 heavy (non-hydrogen) atoms. The van der Waals surface area contributed by atoms with Gasteiger partial charge in [-0.25, -0.2) is 9.59 Å². The maximum Gasteiger partial charge on any atom is 0.336 e. The summed E-state index contributed by atoms with van der Waals surface area (Å²) in [5.41, 5.74) is 0.652. The lowest BCUT2D eigenvalue weighted by molar-refractivity contribution is -0.148. The molecule has 3 rings (SSSR count). The number of hydrogen-bond acceptors (Lipinski definition) is 6. The van der Waals surface area contributed by atoms with Crippen molar-refractivity contribution >= 4 is 34.4 Å². The van der Waals surface area contributed by atoms with Gasteiger partial charge < -0.3 is 19.2 Å². The summed E-state index contributed by atoms with van der Waals surface area (Å²) in [6.45, 7) is 3.63. The third kappa shape index (κ3) is 5.48. The van der Waals surface area contributed by atoms with Crippen LogP contribution >= 0.6 is 11.6 Å². The van der Waals surface area contributed by atoms with Crippen molar-refractivity contribution in [2.24, 2.45) is 5.92 Å². The third-order valence-electron chi connectivity index (χ3n) is 5.27. The quantitative estimate of drug-likeness (QED) is 0.399. The van der Waals surface area contributed by atoms with E-state index >= 15 is 0 Å². The Labute approximate surface area is 190 Å². The normalized spacial score (nSPS) is 12.8. The molecule has 0 aliphatic carbocycles. The van der Waals surface area contributed by atoms with Gasteiger partial charge in [-0.3, -0.25) is 4.79 Å². The molecule has 1 amide bonds. The van der Waals surface area contributed by atoms with E-state index in [0.29, 0.717) is 39.3 Å².